The van der Waals surface area contributed by atoms with E-state index in [0.717, 1.165) is 31.8 Å². The largest absolute Gasteiger partial charge is 0.494 e. The van der Waals surface area contributed by atoms with Gasteiger partial charge < -0.3 is 15.4 Å². The van der Waals surface area contributed by atoms with Gasteiger partial charge in [-0.15, -0.1) is 0 Å². The zero-order valence-electron chi connectivity index (χ0n) is 12.9. The van der Waals surface area contributed by atoms with Crippen LogP contribution in [0.25, 0.3) is 0 Å². The second-order valence-electron chi connectivity index (χ2n) is 5.78. The number of aryl methyl sites for hydroxylation is 1. The maximum atomic E-state index is 11.8. The summed E-state index contributed by atoms with van der Waals surface area (Å²) in [4.78, 5) is 11.8. The maximum Gasteiger partial charge on any atom is 0.220 e. The predicted octanol–water partition coefficient (Wildman–Crippen LogP) is 2.27. The molecule has 4 heteroatoms. The molecule has 1 unspecified atom stereocenters. The van der Waals surface area contributed by atoms with E-state index in [9.17, 15) is 4.79 Å². The summed E-state index contributed by atoms with van der Waals surface area (Å²) in [6, 6.07) is 7.98. The molecule has 0 aliphatic carbocycles. The highest BCUT2D eigenvalue weighted by atomic mass is 16.5. The molecule has 1 atom stereocenters. The van der Waals surface area contributed by atoms with Gasteiger partial charge in [-0.25, -0.2) is 0 Å². The normalized spacial score (nSPS) is 18.2. The van der Waals surface area contributed by atoms with E-state index in [1.807, 2.05) is 31.2 Å². The fraction of sp³-hybridized carbons (Fsp3) is 0.588. The van der Waals surface area contributed by atoms with Crippen molar-refractivity contribution < 1.29 is 9.53 Å². The van der Waals surface area contributed by atoms with E-state index in [1.54, 1.807) is 0 Å². The van der Waals surface area contributed by atoms with Crippen LogP contribution in [0.1, 0.15) is 31.2 Å². The average molecular weight is 290 g/mol. The highest BCUT2D eigenvalue weighted by Gasteiger charge is 2.13. The molecule has 4 nitrogen and oxygen atoms in total. The van der Waals surface area contributed by atoms with Crippen LogP contribution >= 0.6 is 0 Å². The Kier molecular flexibility index (Phi) is 6.54. The summed E-state index contributed by atoms with van der Waals surface area (Å²) in [7, 11) is 0. The monoisotopic (exact) mass is 290 g/mol. The zero-order chi connectivity index (χ0) is 14.9. The lowest BCUT2D eigenvalue weighted by molar-refractivity contribution is -0.121. The smallest absolute Gasteiger partial charge is 0.220 e. The Hall–Kier alpha value is -1.55. The molecule has 1 saturated heterocycles. The van der Waals surface area contributed by atoms with Crippen molar-refractivity contribution in [2.75, 3.05) is 26.2 Å². The minimum absolute atomic E-state index is 0.133. The van der Waals surface area contributed by atoms with Crippen LogP contribution in [0.5, 0.6) is 5.75 Å². The van der Waals surface area contributed by atoms with Crippen molar-refractivity contribution in [3.63, 3.8) is 0 Å². The molecule has 0 saturated carbocycles. The summed E-state index contributed by atoms with van der Waals surface area (Å²) in [5.74, 6) is 1.60. The Morgan fingerprint density at radius 1 is 1.48 bits per heavy atom. The Balaban J connectivity index is 1.54. The number of nitrogens with one attached hydrogen (secondary N) is 2. The van der Waals surface area contributed by atoms with E-state index < -0.39 is 0 Å². The summed E-state index contributed by atoms with van der Waals surface area (Å²) in [6.07, 6.45) is 3.71. The number of carbonyl (C=O) groups is 1. The highest BCUT2D eigenvalue weighted by Crippen LogP contribution is 2.12. The van der Waals surface area contributed by atoms with Crippen LogP contribution in [0.2, 0.25) is 0 Å². The van der Waals surface area contributed by atoms with Crippen LogP contribution in [0.15, 0.2) is 24.3 Å². The fourth-order valence-electron chi connectivity index (χ4n) is 2.57. The third-order valence-corrected chi connectivity index (χ3v) is 3.79. The maximum absolute atomic E-state index is 11.8. The standard InChI is InChI=1S/C17H26N2O2/c1-14-5-2-7-16(11-14)21-10-4-8-17(20)19-13-15-6-3-9-18-12-15/h2,5,7,11,15,18H,3-4,6,8-10,12-13H2,1H3,(H,19,20). The summed E-state index contributed by atoms with van der Waals surface area (Å²) in [5, 5.41) is 6.39. The van der Waals surface area contributed by atoms with Gasteiger partial charge in [-0.2, -0.15) is 0 Å². The van der Waals surface area contributed by atoms with Crippen LogP contribution in [0, 0.1) is 12.8 Å². The Bertz CT molecular complexity index is 442. The van der Waals surface area contributed by atoms with E-state index in [0.29, 0.717) is 18.9 Å². The lowest BCUT2D eigenvalue weighted by Gasteiger charge is -2.22. The van der Waals surface area contributed by atoms with Gasteiger partial charge in [0.05, 0.1) is 6.61 Å². The van der Waals surface area contributed by atoms with E-state index >= 15 is 0 Å². The van der Waals surface area contributed by atoms with Gasteiger partial charge in [-0.1, -0.05) is 12.1 Å². The third kappa shape index (κ3) is 6.17. The summed E-state index contributed by atoms with van der Waals surface area (Å²) >= 11 is 0. The molecule has 1 heterocycles. The van der Waals surface area contributed by atoms with Crippen molar-refractivity contribution >= 4 is 5.91 Å². The van der Waals surface area contributed by atoms with Crippen molar-refractivity contribution in [3.05, 3.63) is 29.8 Å². The van der Waals surface area contributed by atoms with Gasteiger partial charge >= 0.3 is 0 Å². The fourth-order valence-corrected chi connectivity index (χ4v) is 2.57. The van der Waals surface area contributed by atoms with E-state index in [-0.39, 0.29) is 5.91 Å². The molecule has 116 valence electrons. The molecule has 1 fully saturated rings. The van der Waals surface area contributed by atoms with Crippen molar-refractivity contribution in [1.82, 2.24) is 10.6 Å². The number of piperidine rings is 1. The van der Waals surface area contributed by atoms with Crippen molar-refractivity contribution in [1.29, 1.82) is 0 Å². The van der Waals surface area contributed by atoms with Crippen molar-refractivity contribution in [2.24, 2.45) is 5.92 Å². The number of hydrogen-bond donors (Lipinski definition) is 2. The van der Waals surface area contributed by atoms with Crippen LogP contribution in [-0.4, -0.2) is 32.1 Å². The molecule has 1 amide bonds. The van der Waals surface area contributed by atoms with Crippen LogP contribution in [0.3, 0.4) is 0 Å². The average Bonchev–Trinajstić information content (AvgIpc) is 2.51. The topological polar surface area (TPSA) is 50.4 Å². The number of rotatable bonds is 7. The molecule has 1 aliphatic rings. The van der Waals surface area contributed by atoms with Crippen molar-refractivity contribution in [3.8, 4) is 5.75 Å². The second-order valence-corrected chi connectivity index (χ2v) is 5.78. The lowest BCUT2D eigenvalue weighted by Crippen LogP contribution is -2.38. The Morgan fingerprint density at radius 2 is 2.38 bits per heavy atom. The summed E-state index contributed by atoms with van der Waals surface area (Å²) in [5.41, 5.74) is 1.19. The van der Waals surface area contributed by atoms with Gasteiger partial charge in [-0.05, 0) is 62.9 Å². The first kappa shape index (κ1) is 15.8. The molecule has 1 aliphatic heterocycles. The zero-order valence-corrected chi connectivity index (χ0v) is 12.9. The van der Waals surface area contributed by atoms with Gasteiger partial charge in [0.15, 0.2) is 0 Å². The minimum atomic E-state index is 0.133. The number of ether oxygens (including phenoxy) is 1. The van der Waals surface area contributed by atoms with Gasteiger partial charge in [-0.3, -0.25) is 4.79 Å². The molecule has 2 rings (SSSR count). The Morgan fingerprint density at radius 3 is 3.14 bits per heavy atom. The Labute approximate surface area is 127 Å². The highest BCUT2D eigenvalue weighted by molar-refractivity contribution is 5.75. The molecular weight excluding hydrogens is 264 g/mol. The molecule has 0 bridgehead atoms. The minimum Gasteiger partial charge on any atom is -0.494 e. The van der Waals surface area contributed by atoms with Crippen LogP contribution in [-0.2, 0) is 4.79 Å². The number of carbonyl (C=O) groups excluding carboxylic acids is 1. The first-order chi connectivity index (χ1) is 10.2. The number of benzene rings is 1. The first-order valence-corrected chi connectivity index (χ1v) is 7.91. The molecular formula is C17H26N2O2. The van der Waals surface area contributed by atoms with Gasteiger partial charge in [0, 0.05) is 13.0 Å². The van der Waals surface area contributed by atoms with Gasteiger partial charge in [0.1, 0.15) is 5.75 Å². The molecule has 1 aromatic rings. The predicted molar refractivity (Wildman–Crippen MR) is 84.5 cm³/mol. The lowest BCUT2D eigenvalue weighted by atomic mass is 10.00. The molecule has 1 aromatic carbocycles. The SMILES string of the molecule is Cc1cccc(OCCCC(=O)NCC2CCCNC2)c1. The van der Waals surface area contributed by atoms with E-state index in [1.165, 1.54) is 18.4 Å². The number of hydrogen-bond acceptors (Lipinski definition) is 3. The number of amides is 1. The van der Waals surface area contributed by atoms with Crippen LogP contribution in [0.4, 0.5) is 0 Å². The molecule has 21 heavy (non-hydrogen) atoms. The molecule has 0 radical (unpaired) electrons. The molecule has 0 aromatic heterocycles. The second kappa shape index (κ2) is 8.67. The van der Waals surface area contributed by atoms with E-state index in [4.69, 9.17) is 4.74 Å². The van der Waals surface area contributed by atoms with Gasteiger partial charge in [0.2, 0.25) is 5.91 Å². The first-order valence-electron chi connectivity index (χ1n) is 7.91. The van der Waals surface area contributed by atoms with Crippen molar-refractivity contribution in [2.45, 2.75) is 32.6 Å². The molecule has 0 spiro atoms. The van der Waals surface area contributed by atoms with Gasteiger partial charge in [0.25, 0.3) is 0 Å². The van der Waals surface area contributed by atoms with E-state index in [2.05, 4.69) is 10.6 Å². The molecule has 2 N–H and O–H groups in total. The van der Waals surface area contributed by atoms with Crippen LogP contribution < -0.4 is 15.4 Å². The quantitative estimate of drug-likeness (QED) is 0.757. The third-order valence-electron chi connectivity index (χ3n) is 3.79. The summed E-state index contributed by atoms with van der Waals surface area (Å²) in [6.45, 7) is 5.56. The summed E-state index contributed by atoms with van der Waals surface area (Å²) < 4.78 is 5.64.